The lowest BCUT2D eigenvalue weighted by molar-refractivity contribution is 0.180. The summed E-state index contributed by atoms with van der Waals surface area (Å²) in [6, 6.07) is 20.1. The molecule has 0 saturated heterocycles. The van der Waals surface area contributed by atoms with Gasteiger partial charge >= 0.3 is 0 Å². The summed E-state index contributed by atoms with van der Waals surface area (Å²) in [4.78, 5) is 0. The van der Waals surface area contributed by atoms with Crippen molar-refractivity contribution in [3.05, 3.63) is 60.2 Å². The van der Waals surface area contributed by atoms with E-state index in [0.29, 0.717) is 6.42 Å². The summed E-state index contributed by atoms with van der Waals surface area (Å²) in [5.74, 6) is 0. The molecule has 0 amide bonds. The molecule has 1 unspecified atom stereocenters. The van der Waals surface area contributed by atoms with Crippen LogP contribution in [0.1, 0.15) is 12.0 Å². The number of rotatable bonds is 4. The molecule has 1 N–H and O–H groups in total. The monoisotopic (exact) mass is 237 g/mol. The van der Waals surface area contributed by atoms with Crippen LogP contribution < -0.4 is 0 Å². The number of nitriles is 1. The third-order valence-corrected chi connectivity index (χ3v) is 2.88. The maximum absolute atomic E-state index is 9.75. The standard InChI is InChI=1S/C16H15NO/c17-11-10-15(18)12-14-8-4-5-9-16(14)13-6-2-1-3-7-13/h1-9,15,18H,10,12H2. The van der Waals surface area contributed by atoms with Crippen molar-refractivity contribution in [2.24, 2.45) is 0 Å². The van der Waals surface area contributed by atoms with E-state index < -0.39 is 6.10 Å². The SMILES string of the molecule is N#CCC(O)Cc1ccccc1-c1ccccc1. The van der Waals surface area contributed by atoms with Crippen molar-refractivity contribution >= 4 is 0 Å². The number of nitrogens with zero attached hydrogens (tertiary/aromatic N) is 1. The molecule has 90 valence electrons. The zero-order valence-electron chi connectivity index (χ0n) is 10.1. The van der Waals surface area contributed by atoms with Crippen LogP contribution in [0.5, 0.6) is 0 Å². The molecule has 2 heteroatoms. The number of aliphatic hydroxyl groups is 1. The van der Waals surface area contributed by atoms with Gasteiger partial charge in [0.2, 0.25) is 0 Å². The highest BCUT2D eigenvalue weighted by Gasteiger charge is 2.09. The van der Waals surface area contributed by atoms with E-state index in [2.05, 4.69) is 12.1 Å². The van der Waals surface area contributed by atoms with Crippen molar-refractivity contribution < 1.29 is 5.11 Å². The van der Waals surface area contributed by atoms with Gasteiger partial charge in [-0.25, -0.2) is 0 Å². The topological polar surface area (TPSA) is 44.0 Å². The Balaban J connectivity index is 2.30. The van der Waals surface area contributed by atoms with E-state index in [-0.39, 0.29) is 6.42 Å². The minimum absolute atomic E-state index is 0.170. The molecule has 1 atom stereocenters. The number of aliphatic hydroxyl groups excluding tert-OH is 1. The molecule has 2 aromatic rings. The van der Waals surface area contributed by atoms with Crippen molar-refractivity contribution in [1.29, 1.82) is 5.26 Å². The zero-order chi connectivity index (χ0) is 12.8. The van der Waals surface area contributed by atoms with Crippen LogP contribution in [0.15, 0.2) is 54.6 Å². The first kappa shape index (κ1) is 12.3. The molecule has 0 aliphatic rings. The predicted octanol–water partition coefficient (Wildman–Crippen LogP) is 3.17. The van der Waals surface area contributed by atoms with Gasteiger partial charge in [0, 0.05) is 0 Å². The minimum atomic E-state index is -0.597. The maximum atomic E-state index is 9.75. The van der Waals surface area contributed by atoms with E-state index in [4.69, 9.17) is 5.26 Å². The molecule has 0 aliphatic heterocycles. The first-order chi connectivity index (χ1) is 8.81. The van der Waals surface area contributed by atoms with Crippen LogP contribution in [-0.2, 0) is 6.42 Å². The fraction of sp³-hybridized carbons (Fsp3) is 0.188. The van der Waals surface area contributed by atoms with Crippen molar-refractivity contribution in [3.63, 3.8) is 0 Å². The van der Waals surface area contributed by atoms with Gasteiger partial charge in [-0.15, -0.1) is 0 Å². The van der Waals surface area contributed by atoms with Gasteiger partial charge in [0.15, 0.2) is 0 Å². The van der Waals surface area contributed by atoms with E-state index in [9.17, 15) is 5.11 Å². The lowest BCUT2D eigenvalue weighted by Gasteiger charge is -2.12. The molecule has 2 rings (SSSR count). The van der Waals surface area contributed by atoms with Gasteiger partial charge in [-0.1, -0.05) is 54.6 Å². The molecule has 0 radical (unpaired) electrons. The van der Waals surface area contributed by atoms with E-state index in [1.54, 1.807) is 0 Å². The van der Waals surface area contributed by atoms with Gasteiger partial charge in [-0.2, -0.15) is 5.26 Å². The third kappa shape index (κ3) is 2.97. The summed E-state index contributed by atoms with van der Waals surface area (Å²) in [6.07, 6.45) is 0.0849. The van der Waals surface area contributed by atoms with Gasteiger partial charge in [0.1, 0.15) is 0 Å². The summed E-state index contributed by atoms with van der Waals surface area (Å²) in [5.41, 5.74) is 3.33. The molecule has 18 heavy (non-hydrogen) atoms. The van der Waals surface area contributed by atoms with E-state index in [1.807, 2.05) is 48.5 Å². The summed E-state index contributed by atoms with van der Waals surface area (Å²) >= 11 is 0. The Kier molecular flexibility index (Phi) is 4.11. The van der Waals surface area contributed by atoms with E-state index in [1.165, 1.54) is 0 Å². The van der Waals surface area contributed by atoms with Crippen molar-refractivity contribution in [2.75, 3.05) is 0 Å². The van der Waals surface area contributed by atoms with Crippen LogP contribution in [0.3, 0.4) is 0 Å². The van der Waals surface area contributed by atoms with Crippen LogP contribution in [0.25, 0.3) is 11.1 Å². The molecule has 2 nitrogen and oxygen atoms in total. The van der Waals surface area contributed by atoms with Crippen LogP contribution in [0.2, 0.25) is 0 Å². The molecule has 0 spiro atoms. The fourth-order valence-electron chi connectivity index (χ4n) is 2.03. The first-order valence-electron chi connectivity index (χ1n) is 5.99. The van der Waals surface area contributed by atoms with Crippen LogP contribution in [0, 0.1) is 11.3 Å². The highest BCUT2D eigenvalue weighted by molar-refractivity contribution is 5.67. The summed E-state index contributed by atoms with van der Waals surface area (Å²) in [6.45, 7) is 0. The molecule has 0 aliphatic carbocycles. The van der Waals surface area contributed by atoms with Gasteiger partial charge in [0.05, 0.1) is 18.6 Å². The normalized spacial score (nSPS) is 11.8. The minimum Gasteiger partial charge on any atom is -0.392 e. The summed E-state index contributed by atoms with van der Waals surface area (Å²) < 4.78 is 0. The van der Waals surface area contributed by atoms with Crippen LogP contribution in [-0.4, -0.2) is 11.2 Å². The molecular weight excluding hydrogens is 222 g/mol. The van der Waals surface area contributed by atoms with Crippen LogP contribution in [0.4, 0.5) is 0 Å². The third-order valence-electron chi connectivity index (χ3n) is 2.88. The maximum Gasteiger partial charge on any atom is 0.0710 e. The Morgan fingerprint density at radius 1 is 1.00 bits per heavy atom. The Morgan fingerprint density at radius 2 is 1.67 bits per heavy atom. The number of hydrogen-bond donors (Lipinski definition) is 1. The molecule has 0 fully saturated rings. The first-order valence-corrected chi connectivity index (χ1v) is 5.99. The van der Waals surface area contributed by atoms with Gasteiger partial charge < -0.3 is 5.11 Å². The van der Waals surface area contributed by atoms with Crippen molar-refractivity contribution in [1.82, 2.24) is 0 Å². The van der Waals surface area contributed by atoms with E-state index in [0.717, 1.165) is 16.7 Å². The second kappa shape index (κ2) is 6.00. The fourth-order valence-corrected chi connectivity index (χ4v) is 2.03. The number of benzene rings is 2. The van der Waals surface area contributed by atoms with E-state index >= 15 is 0 Å². The Hall–Kier alpha value is -2.11. The van der Waals surface area contributed by atoms with Gasteiger partial charge in [0.25, 0.3) is 0 Å². The molecule has 0 saturated carbocycles. The second-order valence-electron chi connectivity index (χ2n) is 4.24. The van der Waals surface area contributed by atoms with Gasteiger partial charge in [-0.05, 0) is 23.1 Å². The molecular formula is C16H15NO. The predicted molar refractivity (Wildman–Crippen MR) is 71.8 cm³/mol. The largest absolute Gasteiger partial charge is 0.392 e. The van der Waals surface area contributed by atoms with Crippen molar-refractivity contribution in [3.8, 4) is 17.2 Å². The summed E-state index contributed by atoms with van der Waals surface area (Å²) in [5, 5.41) is 18.3. The van der Waals surface area contributed by atoms with Gasteiger partial charge in [-0.3, -0.25) is 0 Å². The summed E-state index contributed by atoms with van der Waals surface area (Å²) in [7, 11) is 0. The Morgan fingerprint density at radius 3 is 2.39 bits per heavy atom. The number of hydrogen-bond acceptors (Lipinski definition) is 2. The Labute approximate surface area is 107 Å². The lowest BCUT2D eigenvalue weighted by Crippen LogP contribution is -2.09. The molecule has 0 heterocycles. The zero-order valence-corrected chi connectivity index (χ0v) is 10.1. The van der Waals surface area contributed by atoms with Crippen LogP contribution >= 0.6 is 0 Å². The Bertz CT molecular complexity index is 543. The lowest BCUT2D eigenvalue weighted by atomic mass is 9.95. The second-order valence-corrected chi connectivity index (χ2v) is 4.24. The average Bonchev–Trinajstić information content (AvgIpc) is 2.40. The molecule has 0 aromatic heterocycles. The highest BCUT2D eigenvalue weighted by Crippen LogP contribution is 2.24. The van der Waals surface area contributed by atoms with Crippen molar-refractivity contribution in [2.45, 2.75) is 18.9 Å². The molecule has 0 bridgehead atoms. The average molecular weight is 237 g/mol. The highest BCUT2D eigenvalue weighted by atomic mass is 16.3. The smallest absolute Gasteiger partial charge is 0.0710 e. The molecule has 2 aromatic carbocycles. The quantitative estimate of drug-likeness (QED) is 0.887.